The summed E-state index contributed by atoms with van der Waals surface area (Å²) in [6, 6.07) is 9.27. The third kappa shape index (κ3) is 3.95. The zero-order valence-corrected chi connectivity index (χ0v) is 16.7. The van der Waals surface area contributed by atoms with Gasteiger partial charge in [-0.15, -0.1) is 11.3 Å². The van der Waals surface area contributed by atoms with Crippen LogP contribution >= 0.6 is 22.7 Å². The lowest BCUT2D eigenvalue weighted by Crippen LogP contribution is -2.14. The van der Waals surface area contributed by atoms with Crippen molar-refractivity contribution in [2.45, 2.75) is 20.3 Å². The van der Waals surface area contributed by atoms with E-state index in [4.69, 9.17) is 4.42 Å². The predicted octanol–water partition coefficient (Wildman–Crippen LogP) is 4.46. The van der Waals surface area contributed by atoms with Crippen LogP contribution < -0.4 is 10.6 Å². The molecule has 3 heterocycles. The van der Waals surface area contributed by atoms with E-state index in [1.165, 1.54) is 29.6 Å². The zero-order chi connectivity index (χ0) is 19.7. The molecule has 9 heteroatoms. The minimum absolute atomic E-state index is 0.105. The third-order valence-electron chi connectivity index (χ3n) is 3.91. The molecule has 28 heavy (non-hydrogen) atoms. The van der Waals surface area contributed by atoms with Crippen molar-refractivity contribution in [2.75, 3.05) is 10.6 Å². The number of aromatic nitrogens is 2. The fourth-order valence-corrected chi connectivity index (χ4v) is 4.24. The number of benzene rings is 1. The van der Waals surface area contributed by atoms with Gasteiger partial charge in [-0.1, -0.05) is 17.4 Å². The highest BCUT2D eigenvalue weighted by molar-refractivity contribution is 7.22. The van der Waals surface area contributed by atoms with E-state index in [1.54, 1.807) is 13.0 Å². The van der Waals surface area contributed by atoms with Gasteiger partial charge in [-0.3, -0.25) is 9.59 Å². The average molecular weight is 412 g/mol. The first kappa shape index (κ1) is 18.3. The number of thiazole rings is 1. The molecule has 2 N–H and O–H groups in total. The number of hydrogen-bond acceptors (Lipinski definition) is 7. The van der Waals surface area contributed by atoms with Gasteiger partial charge in [0.25, 0.3) is 0 Å². The maximum absolute atomic E-state index is 12.4. The topological polar surface area (TPSA) is 97.1 Å². The number of oxazole rings is 1. The fraction of sp³-hybridized carbons (Fsp3) is 0.158. The lowest BCUT2D eigenvalue weighted by molar-refractivity contribution is -0.116. The van der Waals surface area contributed by atoms with Crippen LogP contribution in [0.1, 0.15) is 18.4 Å². The molecule has 2 amide bonds. The number of anilines is 2. The molecule has 0 saturated carbocycles. The van der Waals surface area contributed by atoms with Crippen molar-refractivity contribution in [1.82, 2.24) is 9.97 Å². The number of thiophene rings is 1. The van der Waals surface area contributed by atoms with Crippen LogP contribution in [-0.4, -0.2) is 21.8 Å². The van der Waals surface area contributed by atoms with Crippen LogP contribution in [0.5, 0.6) is 0 Å². The van der Waals surface area contributed by atoms with E-state index in [2.05, 4.69) is 20.6 Å². The lowest BCUT2D eigenvalue weighted by atomic mass is 10.2. The summed E-state index contributed by atoms with van der Waals surface area (Å²) in [4.78, 5) is 33.4. The quantitative estimate of drug-likeness (QED) is 0.504. The first-order valence-corrected chi connectivity index (χ1v) is 10.2. The fourth-order valence-electron chi connectivity index (χ4n) is 2.67. The molecule has 1 aromatic carbocycles. The molecule has 3 aromatic heterocycles. The molecule has 0 aliphatic heterocycles. The summed E-state index contributed by atoms with van der Waals surface area (Å²) in [6.45, 7) is 3.26. The van der Waals surface area contributed by atoms with Gasteiger partial charge in [0, 0.05) is 12.6 Å². The van der Waals surface area contributed by atoms with E-state index in [0.717, 1.165) is 15.1 Å². The highest BCUT2D eigenvalue weighted by Gasteiger charge is 2.16. The third-order valence-corrected chi connectivity index (χ3v) is 5.70. The SMILES string of the molecule is CC(=O)Nc1ccc2nc(NC(=O)Cc3nc(-c4cccs4)oc3C)sc2c1. The van der Waals surface area contributed by atoms with Gasteiger partial charge in [0.1, 0.15) is 5.76 Å². The molecule has 0 fully saturated rings. The lowest BCUT2D eigenvalue weighted by Gasteiger charge is -1.99. The minimum atomic E-state index is -0.213. The van der Waals surface area contributed by atoms with Gasteiger partial charge in [-0.05, 0) is 36.6 Å². The molecule has 0 unspecified atom stereocenters. The van der Waals surface area contributed by atoms with E-state index in [9.17, 15) is 9.59 Å². The molecular formula is C19H16N4O3S2. The second-order valence-corrected chi connectivity index (χ2v) is 8.09. The molecule has 0 atom stereocenters. The van der Waals surface area contributed by atoms with Crippen molar-refractivity contribution in [2.24, 2.45) is 0 Å². The summed E-state index contributed by atoms with van der Waals surface area (Å²) < 4.78 is 6.55. The van der Waals surface area contributed by atoms with Crippen LogP contribution in [0.25, 0.3) is 21.0 Å². The Kier molecular flexibility index (Phi) is 4.93. The number of nitrogens with zero attached hydrogens (tertiary/aromatic N) is 2. The van der Waals surface area contributed by atoms with Crippen LogP contribution in [0.2, 0.25) is 0 Å². The Labute approximate surface area is 168 Å². The number of amides is 2. The molecule has 0 radical (unpaired) electrons. The number of rotatable bonds is 5. The minimum Gasteiger partial charge on any atom is -0.440 e. The van der Waals surface area contributed by atoms with Crippen LogP contribution in [0.3, 0.4) is 0 Å². The van der Waals surface area contributed by atoms with Gasteiger partial charge in [0.15, 0.2) is 5.13 Å². The Morgan fingerprint density at radius 3 is 2.79 bits per heavy atom. The number of hydrogen-bond donors (Lipinski definition) is 2. The van der Waals surface area contributed by atoms with Crippen molar-refractivity contribution in [1.29, 1.82) is 0 Å². The van der Waals surface area contributed by atoms with E-state index in [-0.39, 0.29) is 18.2 Å². The van der Waals surface area contributed by atoms with Gasteiger partial charge in [-0.25, -0.2) is 9.97 Å². The maximum atomic E-state index is 12.4. The van der Waals surface area contributed by atoms with Crippen molar-refractivity contribution in [3.8, 4) is 10.8 Å². The van der Waals surface area contributed by atoms with Gasteiger partial charge in [0.2, 0.25) is 17.7 Å². The van der Waals surface area contributed by atoms with Gasteiger partial charge in [0.05, 0.1) is 27.2 Å². The Morgan fingerprint density at radius 2 is 2.04 bits per heavy atom. The molecule has 0 aliphatic rings. The van der Waals surface area contributed by atoms with Gasteiger partial charge in [-0.2, -0.15) is 0 Å². The van der Waals surface area contributed by atoms with Crippen molar-refractivity contribution >= 4 is 55.5 Å². The first-order valence-electron chi connectivity index (χ1n) is 8.46. The standard InChI is InChI=1S/C19H16N4O3S2/c1-10-14(21-18(26-10)15-4-3-7-27-15)9-17(25)23-19-22-13-6-5-12(20-11(2)24)8-16(13)28-19/h3-8H,9H2,1-2H3,(H,20,24)(H,22,23,25). The normalized spacial score (nSPS) is 10.9. The molecule has 0 bridgehead atoms. The molecule has 4 rings (SSSR count). The largest absolute Gasteiger partial charge is 0.440 e. The number of carbonyl (C=O) groups is 2. The second kappa shape index (κ2) is 7.53. The Morgan fingerprint density at radius 1 is 1.18 bits per heavy atom. The average Bonchev–Trinajstić information content (AvgIpc) is 3.34. The van der Waals surface area contributed by atoms with Gasteiger partial charge < -0.3 is 15.1 Å². The summed E-state index contributed by atoms with van der Waals surface area (Å²) in [5, 5.41) is 8.00. The molecule has 142 valence electrons. The highest BCUT2D eigenvalue weighted by atomic mass is 32.1. The summed E-state index contributed by atoms with van der Waals surface area (Å²) >= 11 is 2.88. The summed E-state index contributed by atoms with van der Waals surface area (Å²) in [5.74, 6) is 0.807. The Bertz CT molecular complexity index is 1160. The van der Waals surface area contributed by atoms with Crippen molar-refractivity contribution in [3.05, 3.63) is 47.2 Å². The van der Waals surface area contributed by atoms with Crippen LogP contribution in [0, 0.1) is 6.92 Å². The molecule has 0 saturated heterocycles. The molecule has 4 aromatic rings. The molecule has 7 nitrogen and oxygen atoms in total. The van der Waals surface area contributed by atoms with E-state index < -0.39 is 0 Å². The molecule has 0 spiro atoms. The van der Waals surface area contributed by atoms with Crippen molar-refractivity contribution < 1.29 is 14.0 Å². The summed E-state index contributed by atoms with van der Waals surface area (Å²) in [7, 11) is 0. The molecule has 0 aliphatic carbocycles. The van der Waals surface area contributed by atoms with Crippen LogP contribution in [0.15, 0.2) is 40.1 Å². The summed E-state index contributed by atoms with van der Waals surface area (Å²) in [6.07, 6.45) is 0.105. The number of carbonyl (C=O) groups excluding carboxylic acids is 2. The first-order chi connectivity index (χ1) is 13.5. The number of nitrogens with one attached hydrogen (secondary N) is 2. The maximum Gasteiger partial charge on any atom is 0.236 e. The predicted molar refractivity (Wildman–Crippen MR) is 111 cm³/mol. The van der Waals surface area contributed by atoms with Gasteiger partial charge >= 0.3 is 0 Å². The smallest absolute Gasteiger partial charge is 0.236 e. The highest BCUT2D eigenvalue weighted by Crippen LogP contribution is 2.29. The van der Waals surface area contributed by atoms with Crippen LogP contribution in [0.4, 0.5) is 10.8 Å². The monoisotopic (exact) mass is 412 g/mol. The Balaban J connectivity index is 1.47. The van der Waals surface area contributed by atoms with E-state index in [1.807, 2.05) is 29.6 Å². The van der Waals surface area contributed by atoms with E-state index in [0.29, 0.717) is 28.2 Å². The number of fused-ring (bicyclic) bond motifs is 1. The number of aryl methyl sites for hydroxylation is 1. The summed E-state index contributed by atoms with van der Waals surface area (Å²) in [5.41, 5.74) is 2.06. The second-order valence-electron chi connectivity index (χ2n) is 6.11. The van der Waals surface area contributed by atoms with Crippen LogP contribution in [-0.2, 0) is 16.0 Å². The zero-order valence-electron chi connectivity index (χ0n) is 15.1. The van der Waals surface area contributed by atoms with E-state index >= 15 is 0 Å². The molecular weight excluding hydrogens is 396 g/mol. The Hall–Kier alpha value is -3.04. The van der Waals surface area contributed by atoms with Crippen molar-refractivity contribution in [3.63, 3.8) is 0 Å².